The number of aromatic nitrogens is 4. The number of fused-ring (bicyclic) bond motifs is 1. The van der Waals surface area contributed by atoms with Gasteiger partial charge in [-0.25, -0.2) is 24.5 Å². The van der Waals surface area contributed by atoms with Crippen LogP contribution in [0.2, 0.25) is 0 Å². The molecule has 0 saturated heterocycles. The second kappa shape index (κ2) is 13.4. The molecule has 0 spiro atoms. The fraction of sp³-hybridized carbons (Fsp3) is 0.625. The number of aliphatic hydroxyl groups is 1. The third kappa shape index (κ3) is 10.3. The summed E-state index contributed by atoms with van der Waals surface area (Å²) in [6.07, 6.45) is 1.84. The lowest BCUT2D eigenvalue weighted by molar-refractivity contribution is -0.179. The topological polar surface area (TPSA) is 184 Å². The number of nitrogens with zero attached hydrogens (tertiary/aromatic N) is 4. The van der Waals surface area contributed by atoms with Crippen LogP contribution in [0.5, 0.6) is 0 Å². The molecule has 2 rings (SSSR count). The zero-order chi connectivity index (χ0) is 29.4. The highest BCUT2D eigenvalue weighted by atomic mass is 31.2. The molecule has 2 aromatic heterocycles. The number of imidazole rings is 1. The fourth-order valence-electron chi connectivity index (χ4n) is 3.22. The zero-order valence-corrected chi connectivity index (χ0v) is 24.0. The number of carbonyl (C=O) groups excluding carboxylic acids is 2. The van der Waals surface area contributed by atoms with E-state index in [1.807, 2.05) is 0 Å². The zero-order valence-electron chi connectivity index (χ0n) is 23.1. The average molecular weight is 572 g/mol. The third-order valence-corrected chi connectivity index (χ3v) is 5.79. The van der Waals surface area contributed by atoms with Gasteiger partial charge < -0.3 is 34.1 Å². The van der Waals surface area contributed by atoms with E-state index in [1.165, 1.54) is 12.7 Å². The van der Waals surface area contributed by atoms with Gasteiger partial charge in [0.25, 0.3) is 6.10 Å². The first kappa shape index (κ1) is 32.3. The smallest absolute Gasteiger partial charge is 0.354 e. The Bertz CT molecular complexity index is 1160. The number of rotatable bonds is 14. The SMILES string of the molecule is C=CCNc1ncnc2c1ncn2C(CO)CCOCP(=O)(O)OC(C(=O)OC(C)(C)C)C(=O)OC(C)(C)C. The van der Waals surface area contributed by atoms with Gasteiger partial charge in [0.1, 0.15) is 29.4 Å². The lowest BCUT2D eigenvalue weighted by atomic mass is 10.2. The monoisotopic (exact) mass is 571 g/mol. The molecule has 14 nitrogen and oxygen atoms in total. The van der Waals surface area contributed by atoms with Crippen LogP contribution in [0.4, 0.5) is 5.82 Å². The number of nitrogens with one attached hydrogen (secondary N) is 1. The van der Waals surface area contributed by atoms with Gasteiger partial charge in [-0.15, -0.1) is 6.58 Å². The highest BCUT2D eigenvalue weighted by Gasteiger charge is 2.41. The van der Waals surface area contributed by atoms with Crippen molar-refractivity contribution in [1.82, 2.24) is 19.5 Å². The summed E-state index contributed by atoms with van der Waals surface area (Å²) in [5.41, 5.74) is -0.992. The largest absolute Gasteiger partial charge is 0.458 e. The van der Waals surface area contributed by atoms with Gasteiger partial charge in [0, 0.05) is 13.2 Å². The Hall–Kier alpha value is -2.90. The summed E-state index contributed by atoms with van der Waals surface area (Å²) >= 11 is 0. The molecule has 39 heavy (non-hydrogen) atoms. The summed E-state index contributed by atoms with van der Waals surface area (Å²) in [4.78, 5) is 48.2. The number of ether oxygens (including phenoxy) is 3. The van der Waals surface area contributed by atoms with Crippen LogP contribution < -0.4 is 5.32 Å². The van der Waals surface area contributed by atoms with Crippen LogP contribution in [0, 0.1) is 0 Å². The summed E-state index contributed by atoms with van der Waals surface area (Å²) in [6, 6.07) is -0.521. The standard InChI is InChI=1S/C24H38N5O9P/c1-8-10-25-19-17-20(27-13-26-19)29(14-28-17)16(12-30)9-11-35-15-39(33,34)38-18(21(31)36-23(2,3)4)22(32)37-24(5,6)7/h8,13-14,16,18,30H,1,9-12,15H2,2-7H3,(H,33,34)(H,25,26,27). The minimum Gasteiger partial charge on any atom is -0.458 e. The quantitative estimate of drug-likeness (QED) is 0.0989. The molecule has 0 radical (unpaired) electrons. The molecule has 0 aliphatic rings. The maximum absolute atomic E-state index is 12.7. The van der Waals surface area contributed by atoms with Gasteiger partial charge in [0.2, 0.25) is 0 Å². The van der Waals surface area contributed by atoms with E-state index in [1.54, 1.807) is 52.2 Å². The second-order valence-electron chi connectivity index (χ2n) is 10.6. The van der Waals surface area contributed by atoms with Gasteiger partial charge in [-0.2, -0.15) is 0 Å². The van der Waals surface area contributed by atoms with Gasteiger partial charge in [0.15, 0.2) is 11.5 Å². The molecule has 0 amide bonds. The maximum atomic E-state index is 12.7. The van der Waals surface area contributed by atoms with Crippen LogP contribution >= 0.6 is 7.60 Å². The van der Waals surface area contributed by atoms with Crippen molar-refractivity contribution in [3.05, 3.63) is 25.3 Å². The molecule has 218 valence electrons. The first-order chi connectivity index (χ1) is 18.1. The predicted octanol–water partition coefficient (Wildman–Crippen LogP) is 2.58. The second-order valence-corrected chi connectivity index (χ2v) is 12.3. The van der Waals surface area contributed by atoms with Crippen molar-refractivity contribution < 1.29 is 42.9 Å². The molecule has 2 heterocycles. The number of hydrogen-bond donors (Lipinski definition) is 3. The van der Waals surface area contributed by atoms with Crippen LogP contribution in [0.15, 0.2) is 25.3 Å². The molecular weight excluding hydrogens is 533 g/mol. The molecule has 15 heteroatoms. The van der Waals surface area contributed by atoms with E-state index in [0.717, 1.165) is 0 Å². The van der Waals surface area contributed by atoms with E-state index in [9.17, 15) is 24.2 Å². The average Bonchev–Trinajstić information content (AvgIpc) is 3.23. The molecule has 0 saturated carbocycles. The summed E-state index contributed by atoms with van der Waals surface area (Å²) < 4.78 is 35.0. The lowest BCUT2D eigenvalue weighted by Crippen LogP contribution is -2.42. The van der Waals surface area contributed by atoms with Crippen molar-refractivity contribution in [2.24, 2.45) is 0 Å². The van der Waals surface area contributed by atoms with Crippen molar-refractivity contribution in [2.45, 2.75) is 71.3 Å². The normalized spacial score (nSPS) is 14.6. The Morgan fingerprint density at radius 1 is 1.13 bits per heavy atom. The van der Waals surface area contributed by atoms with E-state index in [2.05, 4.69) is 26.8 Å². The minimum absolute atomic E-state index is 0.0744. The molecule has 0 bridgehead atoms. The molecule has 2 aromatic rings. The first-order valence-corrected chi connectivity index (χ1v) is 14.0. The van der Waals surface area contributed by atoms with Crippen molar-refractivity contribution in [3.63, 3.8) is 0 Å². The van der Waals surface area contributed by atoms with Gasteiger partial charge in [-0.3, -0.25) is 9.09 Å². The Labute approximate surface area is 227 Å². The van der Waals surface area contributed by atoms with Crippen LogP contribution in [-0.2, 0) is 32.9 Å². The van der Waals surface area contributed by atoms with E-state index < -0.39 is 49.2 Å². The van der Waals surface area contributed by atoms with Gasteiger partial charge in [0.05, 0.1) is 19.0 Å². The highest BCUT2D eigenvalue weighted by molar-refractivity contribution is 7.52. The number of carbonyl (C=O) groups is 2. The number of esters is 2. The van der Waals surface area contributed by atoms with Gasteiger partial charge in [-0.1, -0.05) is 6.08 Å². The highest BCUT2D eigenvalue weighted by Crippen LogP contribution is 2.44. The van der Waals surface area contributed by atoms with E-state index in [4.69, 9.17) is 18.7 Å². The molecular formula is C24H38N5O9P. The van der Waals surface area contributed by atoms with Crippen molar-refractivity contribution in [2.75, 3.05) is 31.4 Å². The van der Waals surface area contributed by atoms with Crippen LogP contribution in [-0.4, -0.2) is 84.9 Å². The molecule has 0 aromatic carbocycles. The summed E-state index contributed by atoms with van der Waals surface area (Å²) in [5.74, 6) is -1.82. The van der Waals surface area contributed by atoms with Gasteiger partial charge >= 0.3 is 19.5 Å². The molecule has 2 atom stereocenters. The van der Waals surface area contributed by atoms with Gasteiger partial charge in [-0.05, 0) is 48.0 Å². The summed E-state index contributed by atoms with van der Waals surface area (Å²) in [6.45, 7) is 13.2. The Balaban J connectivity index is 2.04. The molecule has 2 unspecified atom stereocenters. The number of anilines is 1. The Morgan fingerprint density at radius 2 is 1.74 bits per heavy atom. The first-order valence-electron chi connectivity index (χ1n) is 12.2. The number of aliphatic hydroxyl groups excluding tert-OH is 1. The van der Waals surface area contributed by atoms with Crippen molar-refractivity contribution in [3.8, 4) is 0 Å². The third-order valence-electron chi connectivity index (χ3n) is 4.74. The lowest BCUT2D eigenvalue weighted by Gasteiger charge is -2.27. The maximum Gasteiger partial charge on any atom is 0.354 e. The number of hydrogen-bond acceptors (Lipinski definition) is 12. The summed E-state index contributed by atoms with van der Waals surface area (Å²) in [7, 11) is -4.61. The Kier molecular flexibility index (Phi) is 11.1. The van der Waals surface area contributed by atoms with Crippen molar-refractivity contribution >= 4 is 36.5 Å². The fourth-order valence-corrected chi connectivity index (χ4v) is 4.15. The van der Waals surface area contributed by atoms with Crippen LogP contribution in [0.1, 0.15) is 54.0 Å². The van der Waals surface area contributed by atoms with E-state index in [-0.39, 0.29) is 19.6 Å². The Morgan fingerprint density at radius 3 is 2.28 bits per heavy atom. The predicted molar refractivity (Wildman–Crippen MR) is 142 cm³/mol. The molecule has 0 aliphatic heterocycles. The molecule has 3 N–H and O–H groups in total. The van der Waals surface area contributed by atoms with E-state index >= 15 is 0 Å². The molecule has 0 fully saturated rings. The molecule has 0 aliphatic carbocycles. The van der Waals surface area contributed by atoms with Crippen LogP contribution in [0.25, 0.3) is 11.2 Å². The minimum atomic E-state index is -4.61. The van der Waals surface area contributed by atoms with Crippen LogP contribution in [0.3, 0.4) is 0 Å². The summed E-state index contributed by atoms with van der Waals surface area (Å²) in [5, 5.41) is 13.0. The van der Waals surface area contributed by atoms with E-state index in [0.29, 0.717) is 23.5 Å². The van der Waals surface area contributed by atoms with Crippen molar-refractivity contribution in [1.29, 1.82) is 0 Å².